The zero-order chi connectivity index (χ0) is 13.2. The Morgan fingerprint density at radius 3 is 2.74 bits per heavy atom. The molecule has 2 aromatic carbocycles. The molecule has 0 bridgehead atoms. The van der Waals surface area contributed by atoms with Crippen LogP contribution in [0.1, 0.15) is 29.2 Å². The molecule has 0 radical (unpaired) electrons. The first-order valence-corrected chi connectivity index (χ1v) is 6.41. The summed E-state index contributed by atoms with van der Waals surface area (Å²) < 4.78 is 0. The molecule has 0 saturated heterocycles. The van der Waals surface area contributed by atoms with Crippen molar-refractivity contribution in [2.45, 2.75) is 19.4 Å². The third kappa shape index (κ3) is 2.32. The molecule has 19 heavy (non-hydrogen) atoms. The Balaban J connectivity index is 1.83. The van der Waals surface area contributed by atoms with E-state index in [9.17, 15) is 5.11 Å². The van der Waals surface area contributed by atoms with Gasteiger partial charge in [-0.05, 0) is 18.6 Å². The number of nitrogens with zero attached hydrogens (tertiary/aromatic N) is 1. The molecule has 2 N–H and O–H groups in total. The normalized spacial score (nSPS) is 17.9. The van der Waals surface area contributed by atoms with Crippen molar-refractivity contribution in [1.29, 1.82) is 0 Å². The second kappa shape index (κ2) is 4.76. The second-order valence-electron chi connectivity index (χ2n) is 4.87. The summed E-state index contributed by atoms with van der Waals surface area (Å²) in [6.45, 7) is 2.02. The van der Waals surface area contributed by atoms with E-state index in [-0.39, 0.29) is 6.04 Å². The standard InChI is InChI=1S/C16H16N2O/c1-11-7-8-16(19)13(9-11)15-10-14(17-18-15)12-5-3-2-4-6-12/h2-9,15,18-19H,10H2,1H3. The van der Waals surface area contributed by atoms with Gasteiger partial charge in [0.25, 0.3) is 0 Å². The predicted molar refractivity (Wildman–Crippen MR) is 76.3 cm³/mol. The van der Waals surface area contributed by atoms with Crippen LogP contribution in [-0.2, 0) is 0 Å². The number of hydrogen-bond donors (Lipinski definition) is 2. The predicted octanol–water partition coefficient (Wildman–Crippen LogP) is 3.14. The molecule has 3 heteroatoms. The fraction of sp³-hybridized carbons (Fsp3) is 0.188. The Kier molecular flexibility index (Phi) is 2.95. The van der Waals surface area contributed by atoms with Crippen molar-refractivity contribution >= 4 is 5.71 Å². The summed E-state index contributed by atoms with van der Waals surface area (Å²) in [5.41, 5.74) is 7.33. The molecule has 0 aromatic heterocycles. The summed E-state index contributed by atoms with van der Waals surface area (Å²) in [5.74, 6) is 0.326. The smallest absolute Gasteiger partial charge is 0.120 e. The van der Waals surface area contributed by atoms with Crippen molar-refractivity contribution in [3.05, 3.63) is 65.2 Å². The molecular weight excluding hydrogens is 236 g/mol. The van der Waals surface area contributed by atoms with Gasteiger partial charge in [0, 0.05) is 12.0 Å². The Hall–Kier alpha value is -2.29. The average Bonchev–Trinajstić information content (AvgIpc) is 2.92. The van der Waals surface area contributed by atoms with Gasteiger partial charge in [-0.25, -0.2) is 0 Å². The maximum atomic E-state index is 9.96. The Morgan fingerprint density at radius 1 is 1.16 bits per heavy atom. The van der Waals surface area contributed by atoms with Crippen molar-refractivity contribution in [3.8, 4) is 5.75 Å². The molecule has 1 aliphatic rings. The lowest BCUT2D eigenvalue weighted by molar-refractivity contribution is 0.455. The van der Waals surface area contributed by atoms with Gasteiger partial charge in [-0.15, -0.1) is 0 Å². The van der Waals surface area contributed by atoms with E-state index < -0.39 is 0 Å². The maximum Gasteiger partial charge on any atom is 0.120 e. The van der Waals surface area contributed by atoms with Gasteiger partial charge in [-0.3, -0.25) is 0 Å². The van der Waals surface area contributed by atoms with Crippen LogP contribution in [0.5, 0.6) is 5.75 Å². The third-order valence-corrected chi connectivity index (χ3v) is 3.42. The van der Waals surface area contributed by atoms with Gasteiger partial charge in [-0.2, -0.15) is 5.10 Å². The SMILES string of the molecule is Cc1ccc(O)c(C2CC(c3ccccc3)=NN2)c1. The van der Waals surface area contributed by atoms with Crippen molar-refractivity contribution in [2.24, 2.45) is 5.10 Å². The number of nitrogens with one attached hydrogen (secondary N) is 1. The van der Waals surface area contributed by atoms with Crippen molar-refractivity contribution in [1.82, 2.24) is 5.43 Å². The molecule has 2 aromatic rings. The van der Waals surface area contributed by atoms with Crippen LogP contribution >= 0.6 is 0 Å². The number of phenols is 1. The first kappa shape index (κ1) is 11.8. The summed E-state index contributed by atoms with van der Waals surface area (Å²) >= 11 is 0. The van der Waals surface area contributed by atoms with Crippen LogP contribution in [0.2, 0.25) is 0 Å². The Morgan fingerprint density at radius 2 is 1.95 bits per heavy atom. The zero-order valence-electron chi connectivity index (χ0n) is 10.8. The highest BCUT2D eigenvalue weighted by Crippen LogP contribution is 2.31. The summed E-state index contributed by atoms with van der Waals surface area (Å²) in [4.78, 5) is 0. The molecule has 3 rings (SSSR count). The highest BCUT2D eigenvalue weighted by Gasteiger charge is 2.23. The van der Waals surface area contributed by atoms with E-state index >= 15 is 0 Å². The monoisotopic (exact) mass is 252 g/mol. The molecule has 96 valence electrons. The number of rotatable bonds is 2. The lowest BCUT2D eigenvalue weighted by Gasteiger charge is -2.12. The molecule has 1 heterocycles. The minimum atomic E-state index is 0.0510. The first-order valence-electron chi connectivity index (χ1n) is 6.41. The van der Waals surface area contributed by atoms with E-state index in [1.165, 1.54) is 0 Å². The Labute approximate surface area is 112 Å². The van der Waals surface area contributed by atoms with Gasteiger partial charge in [-0.1, -0.05) is 48.0 Å². The van der Waals surface area contributed by atoms with Crippen LogP contribution in [0.15, 0.2) is 53.6 Å². The zero-order valence-corrected chi connectivity index (χ0v) is 10.8. The molecule has 3 nitrogen and oxygen atoms in total. The van der Waals surface area contributed by atoms with E-state index in [1.54, 1.807) is 6.07 Å². The van der Waals surface area contributed by atoms with E-state index in [4.69, 9.17) is 0 Å². The lowest BCUT2D eigenvalue weighted by Crippen LogP contribution is -2.10. The molecule has 1 unspecified atom stereocenters. The average molecular weight is 252 g/mol. The van der Waals surface area contributed by atoms with Crippen molar-refractivity contribution < 1.29 is 5.11 Å². The number of hydrogen-bond acceptors (Lipinski definition) is 3. The number of aryl methyl sites for hydroxylation is 1. The second-order valence-corrected chi connectivity index (χ2v) is 4.87. The number of aromatic hydroxyl groups is 1. The summed E-state index contributed by atoms with van der Waals surface area (Å²) in [7, 11) is 0. The van der Waals surface area contributed by atoms with Gasteiger partial charge in [0.05, 0.1) is 11.8 Å². The fourth-order valence-electron chi connectivity index (χ4n) is 2.39. The van der Waals surface area contributed by atoms with Crippen molar-refractivity contribution in [3.63, 3.8) is 0 Å². The van der Waals surface area contributed by atoms with Crippen LogP contribution in [-0.4, -0.2) is 10.8 Å². The summed E-state index contributed by atoms with van der Waals surface area (Å²) in [6, 6.07) is 15.8. The lowest BCUT2D eigenvalue weighted by atomic mass is 9.97. The van der Waals surface area contributed by atoms with Crippen LogP contribution in [0.25, 0.3) is 0 Å². The van der Waals surface area contributed by atoms with E-state index in [1.807, 2.05) is 37.3 Å². The van der Waals surface area contributed by atoms with Gasteiger partial charge in [0.2, 0.25) is 0 Å². The quantitative estimate of drug-likeness (QED) is 0.862. The van der Waals surface area contributed by atoms with Crippen molar-refractivity contribution in [2.75, 3.05) is 0 Å². The molecule has 1 aliphatic heterocycles. The highest BCUT2D eigenvalue weighted by atomic mass is 16.3. The molecule has 0 amide bonds. The van der Waals surface area contributed by atoms with Gasteiger partial charge in [0.1, 0.15) is 5.75 Å². The molecule has 0 saturated carbocycles. The van der Waals surface area contributed by atoms with Crippen LogP contribution in [0.3, 0.4) is 0 Å². The molecule has 1 atom stereocenters. The molecule has 0 aliphatic carbocycles. The van der Waals surface area contributed by atoms with Crippen LogP contribution in [0.4, 0.5) is 0 Å². The minimum absolute atomic E-state index is 0.0510. The maximum absolute atomic E-state index is 9.96. The summed E-state index contributed by atoms with van der Waals surface area (Å²) in [6.07, 6.45) is 0.793. The highest BCUT2D eigenvalue weighted by molar-refractivity contribution is 6.01. The van der Waals surface area contributed by atoms with Gasteiger partial charge >= 0.3 is 0 Å². The minimum Gasteiger partial charge on any atom is -0.508 e. The molecular formula is C16H16N2O. The number of phenolic OH excluding ortho intramolecular Hbond substituents is 1. The fourth-order valence-corrected chi connectivity index (χ4v) is 2.39. The van der Waals surface area contributed by atoms with Gasteiger partial charge < -0.3 is 10.5 Å². The first-order chi connectivity index (χ1) is 9.24. The van der Waals surface area contributed by atoms with Crippen LogP contribution < -0.4 is 5.43 Å². The van der Waals surface area contributed by atoms with E-state index in [0.717, 1.165) is 28.8 Å². The molecule has 0 spiro atoms. The topological polar surface area (TPSA) is 44.6 Å². The number of benzene rings is 2. The van der Waals surface area contributed by atoms with E-state index in [0.29, 0.717) is 5.75 Å². The largest absolute Gasteiger partial charge is 0.508 e. The van der Waals surface area contributed by atoms with E-state index in [2.05, 4.69) is 22.7 Å². The number of hydrazone groups is 1. The Bertz CT molecular complexity index is 620. The third-order valence-electron chi connectivity index (χ3n) is 3.42. The van der Waals surface area contributed by atoms with Gasteiger partial charge in [0.15, 0.2) is 0 Å². The molecule has 0 fully saturated rings. The summed E-state index contributed by atoms with van der Waals surface area (Å²) in [5, 5.41) is 14.4. The van der Waals surface area contributed by atoms with Crippen LogP contribution in [0, 0.1) is 6.92 Å².